The van der Waals surface area contributed by atoms with E-state index in [4.69, 9.17) is 21.7 Å². The summed E-state index contributed by atoms with van der Waals surface area (Å²) in [5.41, 5.74) is 2.65. The molecule has 0 unspecified atom stereocenters. The average molecular weight is 382 g/mol. The first-order valence-electron chi connectivity index (χ1n) is 9.86. The highest BCUT2D eigenvalue weighted by molar-refractivity contribution is 7.80. The number of hydrogen-bond acceptors (Lipinski definition) is 3. The van der Waals surface area contributed by atoms with Gasteiger partial charge < -0.3 is 14.8 Å². The molecular formula is C23H27NO2S. The molecule has 142 valence electrons. The SMILES string of the molecule is COc1ccccc1NC(=S)O[C@H]1CCC12CCC(c1ccccc1)CC2. The maximum atomic E-state index is 6.19. The Morgan fingerprint density at radius 2 is 1.63 bits per heavy atom. The molecule has 2 aliphatic rings. The van der Waals surface area contributed by atoms with E-state index in [1.165, 1.54) is 37.7 Å². The van der Waals surface area contributed by atoms with E-state index in [2.05, 4.69) is 35.6 Å². The smallest absolute Gasteiger partial charge is 0.261 e. The molecule has 0 aliphatic heterocycles. The first kappa shape index (κ1) is 18.3. The van der Waals surface area contributed by atoms with Crippen molar-refractivity contribution >= 4 is 23.1 Å². The van der Waals surface area contributed by atoms with E-state index in [1.54, 1.807) is 7.11 Å². The summed E-state index contributed by atoms with van der Waals surface area (Å²) < 4.78 is 11.6. The molecule has 1 spiro atoms. The Hall–Kier alpha value is -2.07. The van der Waals surface area contributed by atoms with Crippen LogP contribution >= 0.6 is 12.2 Å². The molecule has 27 heavy (non-hydrogen) atoms. The number of anilines is 1. The number of benzene rings is 2. The number of rotatable bonds is 4. The minimum absolute atomic E-state index is 0.240. The molecule has 4 rings (SSSR count). The fourth-order valence-electron chi connectivity index (χ4n) is 4.69. The largest absolute Gasteiger partial charge is 0.495 e. The summed E-state index contributed by atoms with van der Waals surface area (Å²) >= 11 is 5.48. The maximum Gasteiger partial charge on any atom is 0.261 e. The highest BCUT2D eigenvalue weighted by atomic mass is 32.1. The third-order valence-electron chi connectivity index (χ3n) is 6.43. The standard InChI is InChI=1S/C23H27NO2S/c1-25-20-10-6-5-9-19(20)24-22(27)26-21-13-16-23(21)14-11-18(12-15-23)17-7-3-2-4-8-17/h2-10,18,21H,11-16H2,1H3,(H,24,27)/t18?,21-,23?/m0/s1. The summed E-state index contributed by atoms with van der Waals surface area (Å²) in [4.78, 5) is 0. The van der Waals surface area contributed by atoms with Gasteiger partial charge in [-0.25, -0.2) is 0 Å². The van der Waals surface area contributed by atoms with Gasteiger partial charge in [0.25, 0.3) is 5.17 Å². The van der Waals surface area contributed by atoms with Gasteiger partial charge in [-0.05, 0) is 74.4 Å². The van der Waals surface area contributed by atoms with E-state index in [9.17, 15) is 0 Å². The predicted molar refractivity (Wildman–Crippen MR) is 113 cm³/mol. The average Bonchev–Trinajstić information content (AvgIpc) is 2.72. The van der Waals surface area contributed by atoms with E-state index in [0.29, 0.717) is 16.5 Å². The molecule has 2 aromatic rings. The molecule has 0 bridgehead atoms. The third-order valence-corrected chi connectivity index (χ3v) is 6.63. The molecule has 2 aromatic carbocycles. The highest BCUT2D eigenvalue weighted by Crippen LogP contribution is 2.55. The van der Waals surface area contributed by atoms with Crippen molar-refractivity contribution in [3.05, 3.63) is 60.2 Å². The zero-order valence-corrected chi connectivity index (χ0v) is 16.6. The van der Waals surface area contributed by atoms with E-state index < -0.39 is 0 Å². The summed E-state index contributed by atoms with van der Waals surface area (Å²) in [6.45, 7) is 0. The zero-order valence-electron chi connectivity index (χ0n) is 15.8. The van der Waals surface area contributed by atoms with Crippen LogP contribution < -0.4 is 10.1 Å². The molecule has 1 atom stereocenters. The molecule has 2 fully saturated rings. The molecule has 2 saturated carbocycles. The van der Waals surface area contributed by atoms with Gasteiger partial charge in [-0.2, -0.15) is 0 Å². The fraction of sp³-hybridized carbons (Fsp3) is 0.435. The van der Waals surface area contributed by atoms with E-state index in [0.717, 1.165) is 17.9 Å². The van der Waals surface area contributed by atoms with Gasteiger partial charge in [0.1, 0.15) is 11.9 Å². The van der Waals surface area contributed by atoms with Gasteiger partial charge in [0.2, 0.25) is 0 Å². The van der Waals surface area contributed by atoms with Crippen LogP contribution in [0.5, 0.6) is 5.75 Å². The lowest BCUT2D eigenvalue weighted by molar-refractivity contribution is -0.0789. The summed E-state index contributed by atoms with van der Waals surface area (Å²) in [5.74, 6) is 1.46. The first-order valence-corrected chi connectivity index (χ1v) is 10.3. The number of nitrogens with one attached hydrogen (secondary N) is 1. The normalized spacial score (nSPS) is 26.9. The molecule has 0 aromatic heterocycles. The van der Waals surface area contributed by atoms with E-state index >= 15 is 0 Å². The van der Waals surface area contributed by atoms with Gasteiger partial charge in [0.05, 0.1) is 12.8 Å². The Balaban J connectivity index is 1.34. The minimum Gasteiger partial charge on any atom is -0.495 e. The summed E-state index contributed by atoms with van der Waals surface area (Å²) in [6, 6.07) is 18.7. The topological polar surface area (TPSA) is 30.5 Å². The van der Waals surface area contributed by atoms with Crippen LogP contribution in [-0.4, -0.2) is 18.4 Å². The second-order valence-electron chi connectivity index (χ2n) is 7.81. The van der Waals surface area contributed by atoms with Crippen LogP contribution in [0, 0.1) is 5.41 Å². The minimum atomic E-state index is 0.240. The van der Waals surface area contributed by atoms with Gasteiger partial charge in [-0.3, -0.25) is 0 Å². The summed E-state index contributed by atoms with van der Waals surface area (Å²) in [7, 11) is 1.66. The lowest BCUT2D eigenvalue weighted by Gasteiger charge is -2.52. The number of hydrogen-bond donors (Lipinski definition) is 1. The van der Waals surface area contributed by atoms with Crippen molar-refractivity contribution in [2.45, 2.75) is 50.5 Å². The molecule has 0 heterocycles. The Morgan fingerprint density at radius 3 is 2.30 bits per heavy atom. The van der Waals surface area contributed by atoms with Gasteiger partial charge in [-0.15, -0.1) is 0 Å². The molecule has 0 radical (unpaired) electrons. The van der Waals surface area contributed by atoms with Gasteiger partial charge in [0.15, 0.2) is 0 Å². The Morgan fingerprint density at radius 1 is 0.963 bits per heavy atom. The Bertz CT molecular complexity index is 784. The monoisotopic (exact) mass is 381 g/mol. The second-order valence-corrected chi connectivity index (χ2v) is 8.18. The molecular weight excluding hydrogens is 354 g/mol. The number of para-hydroxylation sites is 2. The fourth-order valence-corrected chi connectivity index (χ4v) is 4.92. The van der Waals surface area contributed by atoms with Gasteiger partial charge >= 0.3 is 0 Å². The van der Waals surface area contributed by atoms with Crippen LogP contribution in [0.3, 0.4) is 0 Å². The van der Waals surface area contributed by atoms with Crippen molar-refractivity contribution in [2.24, 2.45) is 5.41 Å². The highest BCUT2D eigenvalue weighted by Gasteiger charge is 2.50. The van der Waals surface area contributed by atoms with Crippen LogP contribution in [0.2, 0.25) is 0 Å². The molecule has 1 N–H and O–H groups in total. The number of thiocarbonyl (C=S) groups is 1. The number of methoxy groups -OCH3 is 1. The van der Waals surface area contributed by atoms with Crippen molar-refractivity contribution in [1.29, 1.82) is 0 Å². The van der Waals surface area contributed by atoms with Crippen LogP contribution in [0.1, 0.15) is 50.0 Å². The van der Waals surface area contributed by atoms with Crippen molar-refractivity contribution in [1.82, 2.24) is 0 Å². The third kappa shape index (κ3) is 3.81. The van der Waals surface area contributed by atoms with Crippen LogP contribution in [0.25, 0.3) is 0 Å². The van der Waals surface area contributed by atoms with E-state index in [1.807, 2.05) is 24.3 Å². The zero-order chi connectivity index (χ0) is 18.7. The summed E-state index contributed by atoms with van der Waals surface area (Å²) in [6.07, 6.45) is 7.56. The van der Waals surface area contributed by atoms with Crippen molar-refractivity contribution in [2.75, 3.05) is 12.4 Å². The van der Waals surface area contributed by atoms with Gasteiger partial charge in [-0.1, -0.05) is 42.5 Å². The van der Waals surface area contributed by atoms with Crippen LogP contribution in [0.15, 0.2) is 54.6 Å². The molecule has 3 nitrogen and oxygen atoms in total. The molecule has 4 heteroatoms. The second kappa shape index (κ2) is 7.89. The van der Waals surface area contributed by atoms with Gasteiger partial charge in [0, 0.05) is 5.41 Å². The summed E-state index contributed by atoms with van der Waals surface area (Å²) in [5, 5.41) is 3.65. The lowest BCUT2D eigenvalue weighted by atomic mass is 9.56. The molecule has 0 amide bonds. The Labute approximate surface area is 167 Å². The van der Waals surface area contributed by atoms with Crippen LogP contribution in [0.4, 0.5) is 5.69 Å². The molecule has 2 aliphatic carbocycles. The predicted octanol–water partition coefficient (Wildman–Crippen LogP) is 5.92. The lowest BCUT2D eigenvalue weighted by Crippen LogP contribution is -2.49. The van der Waals surface area contributed by atoms with Crippen molar-refractivity contribution in [3.8, 4) is 5.75 Å². The van der Waals surface area contributed by atoms with Crippen molar-refractivity contribution in [3.63, 3.8) is 0 Å². The van der Waals surface area contributed by atoms with E-state index in [-0.39, 0.29) is 6.10 Å². The maximum absolute atomic E-state index is 6.19. The van der Waals surface area contributed by atoms with Crippen molar-refractivity contribution < 1.29 is 9.47 Å². The quantitative estimate of drug-likeness (QED) is 0.666. The van der Waals surface area contributed by atoms with Crippen LogP contribution in [-0.2, 0) is 4.74 Å². The molecule has 0 saturated heterocycles. The number of ether oxygens (including phenoxy) is 2. The Kier molecular flexibility index (Phi) is 5.35. The first-order chi connectivity index (χ1) is 13.2.